The molecule has 0 atom stereocenters. The van der Waals surface area contributed by atoms with Crippen molar-refractivity contribution >= 4 is 15.8 Å². The number of anilines is 1. The summed E-state index contributed by atoms with van der Waals surface area (Å²) in [6, 6.07) is 14.9. The third-order valence-corrected chi connectivity index (χ3v) is 6.81. The van der Waals surface area contributed by atoms with E-state index in [1.54, 1.807) is 42.5 Å². The molecular formula is C27H29N5O6S. The van der Waals surface area contributed by atoms with Crippen molar-refractivity contribution in [3.8, 4) is 34.8 Å². The van der Waals surface area contributed by atoms with Gasteiger partial charge in [-0.2, -0.15) is 4.98 Å². The Balaban J connectivity index is 1.83. The van der Waals surface area contributed by atoms with Gasteiger partial charge in [0.15, 0.2) is 11.6 Å². The molecule has 0 saturated carbocycles. The Kier molecular flexibility index (Phi) is 8.27. The molecule has 0 fully saturated rings. The van der Waals surface area contributed by atoms with Gasteiger partial charge in [0.2, 0.25) is 11.6 Å². The molecule has 11 nitrogen and oxygen atoms in total. The van der Waals surface area contributed by atoms with E-state index in [0.717, 1.165) is 5.56 Å². The van der Waals surface area contributed by atoms with Gasteiger partial charge in [-0.3, -0.25) is 4.72 Å². The number of sulfonamides is 1. The third-order valence-electron chi connectivity index (χ3n) is 5.45. The van der Waals surface area contributed by atoms with Crippen LogP contribution in [0.25, 0.3) is 11.6 Å². The third kappa shape index (κ3) is 6.78. The molecule has 0 aliphatic heterocycles. The lowest BCUT2D eigenvalue weighted by atomic mass is 9.87. The number of nitrogens with one attached hydrogen (secondary N) is 1. The zero-order chi connectivity index (χ0) is 28.0. The lowest BCUT2D eigenvalue weighted by Crippen LogP contribution is -2.17. The molecular weight excluding hydrogens is 522 g/mol. The van der Waals surface area contributed by atoms with Gasteiger partial charge in [0.1, 0.15) is 18.1 Å². The second kappa shape index (κ2) is 11.6. The fourth-order valence-corrected chi connectivity index (χ4v) is 4.45. The van der Waals surface area contributed by atoms with Gasteiger partial charge in [-0.25, -0.2) is 23.4 Å². The summed E-state index contributed by atoms with van der Waals surface area (Å²) in [5.41, 5.74) is 0.831. The zero-order valence-corrected chi connectivity index (χ0v) is 22.8. The Bertz CT molecular complexity index is 1530. The molecule has 0 aliphatic rings. The van der Waals surface area contributed by atoms with Gasteiger partial charge < -0.3 is 19.3 Å². The summed E-state index contributed by atoms with van der Waals surface area (Å²) in [6.45, 7) is 5.67. The number of benzene rings is 2. The first-order valence-electron chi connectivity index (χ1n) is 12.0. The molecule has 4 aromatic rings. The molecule has 0 radical (unpaired) electrons. The van der Waals surface area contributed by atoms with E-state index < -0.39 is 10.0 Å². The van der Waals surface area contributed by atoms with Crippen molar-refractivity contribution in [2.24, 2.45) is 0 Å². The van der Waals surface area contributed by atoms with E-state index in [1.165, 1.54) is 31.6 Å². The predicted molar refractivity (Wildman–Crippen MR) is 145 cm³/mol. The SMILES string of the molecule is COc1cccc(Oc2c(NS(=O)(=O)c3ccc(C(C)(C)C)cc3)nc(-c3ncccn3)nc2OCCO)c1. The first kappa shape index (κ1) is 27.7. The largest absolute Gasteiger partial charge is 0.497 e. The smallest absolute Gasteiger partial charge is 0.263 e. The van der Waals surface area contributed by atoms with Crippen molar-refractivity contribution in [1.29, 1.82) is 0 Å². The minimum atomic E-state index is -4.13. The highest BCUT2D eigenvalue weighted by Gasteiger charge is 2.26. The van der Waals surface area contributed by atoms with Crippen LogP contribution in [0.15, 0.2) is 71.9 Å². The summed E-state index contributed by atoms with van der Waals surface area (Å²) in [5.74, 6) is 0.503. The summed E-state index contributed by atoms with van der Waals surface area (Å²) in [4.78, 5) is 17.1. The van der Waals surface area contributed by atoms with Gasteiger partial charge in [-0.1, -0.05) is 39.0 Å². The molecule has 0 aliphatic carbocycles. The maximum Gasteiger partial charge on any atom is 0.263 e. The molecule has 0 saturated heterocycles. The molecule has 2 aromatic heterocycles. The molecule has 12 heteroatoms. The molecule has 2 heterocycles. The van der Waals surface area contributed by atoms with Gasteiger partial charge in [0, 0.05) is 18.5 Å². The Morgan fingerprint density at radius 1 is 0.923 bits per heavy atom. The Hall–Kier alpha value is -4.29. The van der Waals surface area contributed by atoms with E-state index in [0.29, 0.717) is 11.5 Å². The van der Waals surface area contributed by atoms with E-state index in [2.05, 4.69) is 24.7 Å². The van der Waals surface area contributed by atoms with Crippen molar-refractivity contribution in [3.05, 3.63) is 72.6 Å². The van der Waals surface area contributed by atoms with Crippen LogP contribution in [0, 0.1) is 0 Å². The highest BCUT2D eigenvalue weighted by atomic mass is 32.2. The maximum atomic E-state index is 13.5. The van der Waals surface area contributed by atoms with Crippen molar-refractivity contribution < 1.29 is 27.7 Å². The normalized spacial score (nSPS) is 11.6. The number of aromatic nitrogens is 4. The van der Waals surface area contributed by atoms with Crippen LogP contribution < -0.4 is 18.9 Å². The topological polar surface area (TPSA) is 146 Å². The highest BCUT2D eigenvalue weighted by Crippen LogP contribution is 2.39. The van der Waals surface area contributed by atoms with Crippen LogP contribution in [0.1, 0.15) is 26.3 Å². The summed E-state index contributed by atoms with van der Waals surface area (Å²) >= 11 is 0. The van der Waals surface area contributed by atoms with Crippen LogP contribution in [-0.4, -0.2) is 53.8 Å². The lowest BCUT2D eigenvalue weighted by molar-refractivity contribution is 0.192. The molecule has 0 amide bonds. The van der Waals surface area contributed by atoms with Crippen LogP contribution in [0.2, 0.25) is 0 Å². The number of hydrogen-bond acceptors (Lipinski definition) is 10. The summed E-state index contributed by atoms with van der Waals surface area (Å²) < 4.78 is 46.4. The van der Waals surface area contributed by atoms with Crippen LogP contribution in [0.3, 0.4) is 0 Å². The fraction of sp³-hybridized carbons (Fsp3) is 0.259. The van der Waals surface area contributed by atoms with Crippen LogP contribution in [-0.2, 0) is 15.4 Å². The average molecular weight is 552 g/mol. The van der Waals surface area contributed by atoms with Crippen LogP contribution >= 0.6 is 0 Å². The summed E-state index contributed by atoms with van der Waals surface area (Å²) in [6.07, 6.45) is 3.00. The molecule has 0 unspecified atom stereocenters. The second-order valence-corrected chi connectivity index (χ2v) is 11.0. The van der Waals surface area contributed by atoms with Crippen LogP contribution in [0.5, 0.6) is 23.1 Å². The fourth-order valence-electron chi connectivity index (χ4n) is 3.45. The Morgan fingerprint density at radius 3 is 2.26 bits per heavy atom. The quantitative estimate of drug-likeness (QED) is 0.294. The molecule has 2 aromatic carbocycles. The molecule has 204 valence electrons. The van der Waals surface area contributed by atoms with Gasteiger partial charge in [-0.15, -0.1) is 0 Å². The van der Waals surface area contributed by atoms with Gasteiger partial charge in [-0.05, 0) is 41.3 Å². The molecule has 2 N–H and O–H groups in total. The first-order chi connectivity index (χ1) is 18.6. The van der Waals surface area contributed by atoms with Gasteiger partial charge in [0.25, 0.3) is 15.9 Å². The average Bonchev–Trinajstić information content (AvgIpc) is 2.93. The van der Waals surface area contributed by atoms with E-state index in [9.17, 15) is 13.5 Å². The number of aliphatic hydroxyl groups is 1. The molecule has 4 rings (SSSR count). The number of methoxy groups -OCH3 is 1. The number of hydrogen-bond donors (Lipinski definition) is 2. The number of nitrogens with zero attached hydrogens (tertiary/aromatic N) is 4. The van der Waals surface area contributed by atoms with E-state index in [-0.39, 0.29) is 52.6 Å². The monoisotopic (exact) mass is 551 g/mol. The van der Waals surface area contributed by atoms with Crippen molar-refractivity contribution in [2.45, 2.75) is 31.1 Å². The van der Waals surface area contributed by atoms with E-state index >= 15 is 0 Å². The molecule has 0 bridgehead atoms. The zero-order valence-electron chi connectivity index (χ0n) is 22.0. The van der Waals surface area contributed by atoms with Gasteiger partial charge in [0.05, 0.1) is 18.6 Å². The standard InChI is InChI=1S/C27H29N5O6S/c1-27(2,3)18-9-11-21(12-10-18)39(34,35)32-23-22(38-20-8-5-7-19(17-20)36-4)26(37-16-15-33)31-25(30-23)24-28-13-6-14-29-24/h5-14,17,33H,15-16H2,1-4H3,(H,30,31,32). The number of rotatable bonds is 10. The van der Waals surface area contributed by atoms with Crippen molar-refractivity contribution in [1.82, 2.24) is 19.9 Å². The minimum absolute atomic E-state index is 0.0117. The number of aliphatic hydroxyl groups excluding tert-OH is 1. The second-order valence-electron chi connectivity index (χ2n) is 9.34. The van der Waals surface area contributed by atoms with E-state index in [4.69, 9.17) is 14.2 Å². The van der Waals surface area contributed by atoms with Crippen LogP contribution in [0.4, 0.5) is 5.82 Å². The predicted octanol–water partition coefficient (Wildman–Crippen LogP) is 4.20. The van der Waals surface area contributed by atoms with Gasteiger partial charge >= 0.3 is 0 Å². The minimum Gasteiger partial charge on any atom is -0.497 e. The molecule has 0 spiro atoms. The first-order valence-corrected chi connectivity index (χ1v) is 13.5. The summed E-state index contributed by atoms with van der Waals surface area (Å²) in [5, 5.41) is 9.38. The highest BCUT2D eigenvalue weighted by molar-refractivity contribution is 7.92. The maximum absolute atomic E-state index is 13.5. The van der Waals surface area contributed by atoms with E-state index in [1.807, 2.05) is 20.8 Å². The Labute approximate surface area is 226 Å². The lowest BCUT2D eigenvalue weighted by Gasteiger charge is -2.19. The Morgan fingerprint density at radius 2 is 1.62 bits per heavy atom. The van der Waals surface area contributed by atoms with Crippen molar-refractivity contribution in [2.75, 3.05) is 25.0 Å². The summed E-state index contributed by atoms with van der Waals surface area (Å²) in [7, 11) is -2.62. The van der Waals surface area contributed by atoms with Crippen molar-refractivity contribution in [3.63, 3.8) is 0 Å². The number of ether oxygens (including phenoxy) is 3. The molecule has 39 heavy (non-hydrogen) atoms.